The molecule has 0 aliphatic carbocycles. The number of rotatable bonds is 6. The molecule has 0 saturated carbocycles. The summed E-state index contributed by atoms with van der Waals surface area (Å²) in [5, 5.41) is 4.45. The van der Waals surface area contributed by atoms with Crippen LogP contribution in [0, 0.1) is 0 Å². The lowest BCUT2D eigenvalue weighted by Gasteiger charge is -2.24. The number of fused-ring (bicyclic) bond motifs is 1. The zero-order valence-corrected chi connectivity index (χ0v) is 13.7. The van der Waals surface area contributed by atoms with Crippen LogP contribution in [0.25, 0.3) is 0 Å². The Bertz CT molecular complexity index is 622. The standard InChI is InChI=1S/C15H17F3N2O3S/c1-23-6-2-5-19-13(21)8-12-14(22)20-10-7-9(15(16,17)18)3-4-11(10)24-12/h3-4,7,12H,2,5-6,8H2,1H3,(H,19,21)(H,20,22)/t12-/m0/s1. The van der Waals surface area contributed by atoms with Gasteiger partial charge in [0.05, 0.1) is 16.5 Å². The Balaban J connectivity index is 1.97. The Morgan fingerprint density at radius 2 is 2.17 bits per heavy atom. The van der Waals surface area contributed by atoms with Crippen molar-refractivity contribution >= 4 is 29.3 Å². The van der Waals surface area contributed by atoms with Gasteiger partial charge in [-0.1, -0.05) is 0 Å². The van der Waals surface area contributed by atoms with E-state index < -0.39 is 22.9 Å². The molecule has 0 saturated heterocycles. The van der Waals surface area contributed by atoms with E-state index in [-0.39, 0.29) is 18.0 Å². The fourth-order valence-corrected chi connectivity index (χ4v) is 3.24. The number of carbonyl (C=O) groups excluding carboxylic acids is 2. The molecule has 1 heterocycles. The molecule has 0 spiro atoms. The first-order valence-corrected chi connectivity index (χ1v) is 8.13. The van der Waals surface area contributed by atoms with Gasteiger partial charge >= 0.3 is 6.18 Å². The SMILES string of the molecule is COCCCNC(=O)C[C@@H]1Sc2ccc(C(F)(F)F)cc2NC1=O. The summed E-state index contributed by atoms with van der Waals surface area (Å²) in [5.41, 5.74) is -0.701. The predicted octanol–water partition coefficient (Wildman–Crippen LogP) is 2.66. The van der Waals surface area contributed by atoms with Crippen molar-refractivity contribution in [1.82, 2.24) is 5.32 Å². The van der Waals surface area contributed by atoms with Gasteiger partial charge in [-0.05, 0) is 24.6 Å². The second-order valence-electron chi connectivity index (χ2n) is 5.20. The minimum absolute atomic E-state index is 0.0378. The molecule has 24 heavy (non-hydrogen) atoms. The number of halogens is 3. The van der Waals surface area contributed by atoms with Gasteiger partial charge in [-0.25, -0.2) is 0 Å². The van der Waals surface area contributed by atoms with Crippen molar-refractivity contribution in [3.8, 4) is 0 Å². The highest BCUT2D eigenvalue weighted by Gasteiger charge is 2.34. The topological polar surface area (TPSA) is 67.4 Å². The molecule has 132 valence electrons. The van der Waals surface area contributed by atoms with Crippen molar-refractivity contribution in [2.45, 2.75) is 29.2 Å². The van der Waals surface area contributed by atoms with E-state index in [1.54, 1.807) is 7.11 Å². The molecule has 1 atom stereocenters. The lowest BCUT2D eigenvalue weighted by Crippen LogP contribution is -2.35. The third-order valence-corrected chi connectivity index (χ3v) is 4.62. The maximum atomic E-state index is 12.7. The summed E-state index contributed by atoms with van der Waals surface area (Å²) in [6, 6.07) is 3.18. The van der Waals surface area contributed by atoms with Gasteiger partial charge in [-0.3, -0.25) is 9.59 Å². The molecule has 1 aromatic rings. The van der Waals surface area contributed by atoms with Crippen LogP contribution in [0.4, 0.5) is 18.9 Å². The molecule has 1 aromatic carbocycles. The third kappa shape index (κ3) is 4.88. The van der Waals surface area contributed by atoms with Crippen molar-refractivity contribution in [2.24, 2.45) is 0 Å². The molecule has 0 bridgehead atoms. The largest absolute Gasteiger partial charge is 0.416 e. The monoisotopic (exact) mass is 362 g/mol. The van der Waals surface area contributed by atoms with Crippen molar-refractivity contribution in [3.05, 3.63) is 23.8 Å². The van der Waals surface area contributed by atoms with E-state index in [4.69, 9.17) is 4.74 Å². The maximum Gasteiger partial charge on any atom is 0.416 e. The van der Waals surface area contributed by atoms with Crippen molar-refractivity contribution in [3.63, 3.8) is 0 Å². The molecule has 0 radical (unpaired) electrons. The number of methoxy groups -OCH3 is 1. The molecule has 1 aliphatic rings. The number of thioether (sulfide) groups is 1. The van der Waals surface area contributed by atoms with E-state index >= 15 is 0 Å². The molecular weight excluding hydrogens is 345 g/mol. The summed E-state index contributed by atoms with van der Waals surface area (Å²) in [7, 11) is 1.56. The van der Waals surface area contributed by atoms with Gasteiger partial charge in [-0.2, -0.15) is 13.2 Å². The first-order chi connectivity index (χ1) is 11.3. The zero-order chi connectivity index (χ0) is 17.7. The van der Waals surface area contributed by atoms with Gasteiger partial charge in [0.25, 0.3) is 0 Å². The predicted molar refractivity (Wildman–Crippen MR) is 83.8 cm³/mol. The van der Waals surface area contributed by atoms with Gasteiger partial charge in [0.1, 0.15) is 0 Å². The smallest absolute Gasteiger partial charge is 0.385 e. The molecule has 5 nitrogen and oxygen atoms in total. The van der Waals surface area contributed by atoms with Gasteiger partial charge in [0.2, 0.25) is 11.8 Å². The lowest BCUT2D eigenvalue weighted by atomic mass is 10.1. The first kappa shape index (κ1) is 18.6. The fraction of sp³-hybridized carbons (Fsp3) is 0.467. The summed E-state index contributed by atoms with van der Waals surface area (Å²) in [4.78, 5) is 24.4. The summed E-state index contributed by atoms with van der Waals surface area (Å²) in [5.74, 6) is -0.756. The van der Waals surface area contributed by atoms with Crippen LogP contribution in [0.15, 0.2) is 23.1 Å². The van der Waals surface area contributed by atoms with Crippen LogP contribution in [-0.2, 0) is 20.5 Å². The number of amides is 2. The van der Waals surface area contributed by atoms with Gasteiger partial charge in [0.15, 0.2) is 0 Å². The highest BCUT2D eigenvalue weighted by molar-refractivity contribution is 8.01. The molecule has 2 N–H and O–H groups in total. The second-order valence-corrected chi connectivity index (χ2v) is 6.45. The van der Waals surface area contributed by atoms with Crippen LogP contribution in [0.3, 0.4) is 0 Å². The lowest BCUT2D eigenvalue weighted by molar-refractivity contribution is -0.137. The van der Waals surface area contributed by atoms with Gasteiger partial charge < -0.3 is 15.4 Å². The highest BCUT2D eigenvalue weighted by atomic mass is 32.2. The summed E-state index contributed by atoms with van der Waals surface area (Å²) in [6.07, 6.45) is -3.84. The number of nitrogens with one attached hydrogen (secondary N) is 2. The minimum atomic E-state index is -4.47. The number of hydrogen-bond acceptors (Lipinski definition) is 4. The zero-order valence-electron chi connectivity index (χ0n) is 12.9. The van der Waals surface area contributed by atoms with E-state index in [9.17, 15) is 22.8 Å². The van der Waals surface area contributed by atoms with Crippen LogP contribution in [0.5, 0.6) is 0 Å². The average Bonchev–Trinajstić information content (AvgIpc) is 2.51. The normalized spacial score (nSPS) is 17.2. The maximum absolute atomic E-state index is 12.7. The van der Waals surface area contributed by atoms with E-state index in [2.05, 4.69) is 10.6 Å². The summed E-state index contributed by atoms with van der Waals surface area (Å²) >= 11 is 1.09. The highest BCUT2D eigenvalue weighted by Crippen LogP contribution is 2.40. The van der Waals surface area contributed by atoms with Crippen molar-refractivity contribution < 1.29 is 27.5 Å². The Morgan fingerprint density at radius 3 is 2.83 bits per heavy atom. The van der Waals surface area contributed by atoms with Crippen LogP contribution in [-0.4, -0.2) is 37.3 Å². The molecule has 9 heteroatoms. The van der Waals surface area contributed by atoms with Crippen LogP contribution < -0.4 is 10.6 Å². The van der Waals surface area contributed by atoms with E-state index in [1.807, 2.05) is 0 Å². The molecular formula is C15H17F3N2O3S. The van der Waals surface area contributed by atoms with Crippen molar-refractivity contribution in [1.29, 1.82) is 0 Å². The van der Waals surface area contributed by atoms with Gasteiger partial charge in [0, 0.05) is 31.6 Å². The van der Waals surface area contributed by atoms with Crippen molar-refractivity contribution in [2.75, 3.05) is 25.6 Å². The Morgan fingerprint density at radius 1 is 1.42 bits per heavy atom. The molecule has 0 fully saturated rings. The number of benzene rings is 1. The summed E-state index contributed by atoms with van der Waals surface area (Å²) in [6.45, 7) is 0.963. The fourth-order valence-electron chi connectivity index (χ4n) is 2.15. The van der Waals surface area contributed by atoms with E-state index in [1.165, 1.54) is 6.07 Å². The van der Waals surface area contributed by atoms with E-state index in [0.717, 1.165) is 23.9 Å². The Labute approximate surface area is 141 Å². The number of hydrogen-bond donors (Lipinski definition) is 2. The van der Waals surface area contributed by atoms with Gasteiger partial charge in [-0.15, -0.1) is 11.8 Å². The summed E-state index contributed by atoms with van der Waals surface area (Å²) < 4.78 is 43.0. The number of carbonyl (C=O) groups is 2. The third-order valence-electron chi connectivity index (χ3n) is 3.34. The second kappa shape index (κ2) is 7.89. The number of ether oxygens (including phenoxy) is 1. The molecule has 0 unspecified atom stereocenters. The molecule has 0 aromatic heterocycles. The first-order valence-electron chi connectivity index (χ1n) is 7.25. The minimum Gasteiger partial charge on any atom is -0.385 e. The molecule has 2 amide bonds. The molecule has 1 aliphatic heterocycles. The number of anilines is 1. The van der Waals surface area contributed by atoms with Crippen LogP contribution in [0.1, 0.15) is 18.4 Å². The van der Waals surface area contributed by atoms with Crippen LogP contribution >= 0.6 is 11.8 Å². The average molecular weight is 362 g/mol. The van der Waals surface area contributed by atoms with E-state index in [0.29, 0.717) is 24.5 Å². The Hall–Kier alpha value is -1.74. The quantitative estimate of drug-likeness (QED) is 0.764. The molecule has 2 rings (SSSR count). The Kier molecular flexibility index (Phi) is 6.11. The van der Waals surface area contributed by atoms with Crippen LogP contribution in [0.2, 0.25) is 0 Å². The number of alkyl halides is 3.